The number of aliphatic hydroxyl groups excluding tert-OH is 1. The summed E-state index contributed by atoms with van der Waals surface area (Å²) in [4.78, 5) is 33.0. The van der Waals surface area contributed by atoms with E-state index in [1.165, 1.54) is 20.8 Å². The van der Waals surface area contributed by atoms with Crippen molar-refractivity contribution in [1.82, 2.24) is 10.6 Å². The van der Waals surface area contributed by atoms with Crippen molar-refractivity contribution in [3.8, 4) is 0 Å². The van der Waals surface area contributed by atoms with E-state index in [9.17, 15) is 14.4 Å². The van der Waals surface area contributed by atoms with Gasteiger partial charge in [0.1, 0.15) is 5.54 Å². The number of nitrogens with two attached hydrogens (primary N) is 1. The van der Waals surface area contributed by atoms with Gasteiger partial charge in [0.25, 0.3) is 0 Å². The fourth-order valence-corrected chi connectivity index (χ4v) is 0.911. The number of nitrogens with one attached hydrogen (secondary N) is 2. The summed E-state index contributed by atoms with van der Waals surface area (Å²) in [6.07, 6.45) is -1.27. The smallest absolute Gasteiger partial charge is 0.328 e. The maximum atomic E-state index is 11.4. The molecule has 0 unspecified atom stereocenters. The van der Waals surface area contributed by atoms with E-state index in [0.717, 1.165) is 0 Å². The van der Waals surface area contributed by atoms with Gasteiger partial charge in [0.2, 0.25) is 5.91 Å². The number of rotatable bonds is 5. The summed E-state index contributed by atoms with van der Waals surface area (Å²) in [5.41, 5.74) is 3.71. The number of hydrogen-bond donors (Lipinski definition) is 5. The molecule has 0 aliphatic rings. The third-order valence-electron chi connectivity index (χ3n) is 2.08. The highest BCUT2D eigenvalue weighted by atomic mass is 16.4. The fourth-order valence-electron chi connectivity index (χ4n) is 0.911. The van der Waals surface area contributed by atoms with Crippen LogP contribution in [0.2, 0.25) is 0 Å². The molecular weight excluding hydrogens is 230 g/mol. The normalized spacial score (nSPS) is 14.6. The van der Waals surface area contributed by atoms with Crippen LogP contribution in [0.3, 0.4) is 0 Å². The number of carboxylic acid groups (broad SMARTS) is 1. The van der Waals surface area contributed by atoms with Gasteiger partial charge in [-0.05, 0) is 20.8 Å². The van der Waals surface area contributed by atoms with Gasteiger partial charge in [0.05, 0.1) is 6.10 Å². The molecule has 0 bridgehead atoms. The van der Waals surface area contributed by atoms with Gasteiger partial charge in [-0.1, -0.05) is 0 Å². The number of carboxylic acids is 1. The molecule has 0 radical (unpaired) electrons. The molecule has 6 N–H and O–H groups in total. The van der Waals surface area contributed by atoms with Crippen molar-refractivity contribution in [2.24, 2.45) is 5.73 Å². The molecule has 0 saturated carbocycles. The van der Waals surface area contributed by atoms with Crippen LogP contribution in [0.5, 0.6) is 0 Å². The highest BCUT2D eigenvalue weighted by Gasteiger charge is 2.30. The molecule has 8 nitrogen and oxygen atoms in total. The number of urea groups is 1. The number of hydrogen-bond acceptors (Lipinski definition) is 4. The van der Waals surface area contributed by atoms with Crippen molar-refractivity contribution in [3.05, 3.63) is 0 Å². The number of aliphatic hydroxyl groups is 1. The molecule has 17 heavy (non-hydrogen) atoms. The topological polar surface area (TPSA) is 142 Å². The van der Waals surface area contributed by atoms with Crippen LogP contribution in [-0.2, 0) is 9.59 Å². The van der Waals surface area contributed by atoms with Crippen molar-refractivity contribution in [1.29, 1.82) is 0 Å². The SMILES string of the molecule is C[C@@H](O)[C@H](NC(=O)NC(C)(C)C(N)=O)C(=O)O. The fraction of sp³-hybridized carbons (Fsp3) is 0.667. The van der Waals surface area contributed by atoms with Gasteiger partial charge < -0.3 is 26.6 Å². The van der Waals surface area contributed by atoms with E-state index in [0.29, 0.717) is 0 Å². The highest BCUT2D eigenvalue weighted by Crippen LogP contribution is 2.00. The Bertz CT molecular complexity index is 327. The quantitative estimate of drug-likeness (QED) is 0.397. The Kier molecular flexibility index (Phi) is 4.89. The Morgan fingerprint density at radius 3 is 2.06 bits per heavy atom. The lowest BCUT2D eigenvalue weighted by Gasteiger charge is -2.24. The second-order valence-corrected chi connectivity index (χ2v) is 4.14. The van der Waals surface area contributed by atoms with Gasteiger partial charge in [-0.2, -0.15) is 0 Å². The molecule has 2 atom stereocenters. The maximum Gasteiger partial charge on any atom is 0.328 e. The van der Waals surface area contributed by atoms with E-state index < -0.39 is 35.6 Å². The minimum atomic E-state index is -1.46. The van der Waals surface area contributed by atoms with E-state index in [1.807, 2.05) is 5.32 Å². The van der Waals surface area contributed by atoms with Crippen molar-refractivity contribution in [2.45, 2.75) is 38.5 Å². The summed E-state index contributed by atoms with van der Waals surface area (Å²) in [6.45, 7) is 3.96. The molecule has 0 aromatic rings. The van der Waals surface area contributed by atoms with Crippen LogP contribution in [0.1, 0.15) is 20.8 Å². The van der Waals surface area contributed by atoms with E-state index in [1.54, 1.807) is 0 Å². The average molecular weight is 247 g/mol. The van der Waals surface area contributed by atoms with E-state index in [4.69, 9.17) is 15.9 Å². The first-order valence-corrected chi connectivity index (χ1v) is 4.87. The summed E-state index contributed by atoms with van der Waals surface area (Å²) in [5, 5.41) is 22.0. The van der Waals surface area contributed by atoms with Crippen LogP contribution in [0.4, 0.5) is 4.79 Å². The number of amides is 3. The molecule has 98 valence electrons. The van der Waals surface area contributed by atoms with Crippen LogP contribution in [-0.4, -0.2) is 45.8 Å². The first-order chi connectivity index (χ1) is 7.58. The molecule has 3 amide bonds. The lowest BCUT2D eigenvalue weighted by Crippen LogP contribution is -2.59. The molecule has 0 rings (SSSR count). The van der Waals surface area contributed by atoms with Crippen molar-refractivity contribution < 1.29 is 24.6 Å². The third kappa shape index (κ3) is 4.68. The summed E-state index contributed by atoms with van der Waals surface area (Å²) in [7, 11) is 0. The molecule has 0 aromatic carbocycles. The standard InChI is InChI=1S/C9H17N3O5/c1-4(13)5(6(14)15)11-8(17)12-9(2,3)7(10)16/h4-5,13H,1-3H3,(H2,10,16)(H,14,15)(H2,11,12,17)/t4-,5+/m1/s1. The monoisotopic (exact) mass is 247 g/mol. The van der Waals surface area contributed by atoms with Gasteiger partial charge in [-0.15, -0.1) is 0 Å². The number of aliphatic carboxylic acids is 1. The van der Waals surface area contributed by atoms with Crippen molar-refractivity contribution >= 4 is 17.9 Å². The summed E-state index contributed by atoms with van der Waals surface area (Å²) < 4.78 is 0. The van der Waals surface area contributed by atoms with E-state index in [2.05, 4.69) is 5.32 Å². The lowest BCUT2D eigenvalue weighted by molar-refractivity contribution is -0.141. The van der Waals surface area contributed by atoms with Crippen LogP contribution in [0.15, 0.2) is 0 Å². The van der Waals surface area contributed by atoms with Crippen LogP contribution < -0.4 is 16.4 Å². The predicted molar refractivity (Wildman–Crippen MR) is 58.0 cm³/mol. The van der Waals surface area contributed by atoms with E-state index in [-0.39, 0.29) is 0 Å². The number of carbonyl (C=O) groups is 3. The number of primary amides is 1. The zero-order chi connectivity index (χ0) is 13.8. The third-order valence-corrected chi connectivity index (χ3v) is 2.08. The predicted octanol–water partition coefficient (Wildman–Crippen LogP) is -1.62. The molecule has 0 aromatic heterocycles. The minimum absolute atomic E-state index is 0.767. The zero-order valence-electron chi connectivity index (χ0n) is 9.85. The van der Waals surface area contributed by atoms with Crippen LogP contribution in [0.25, 0.3) is 0 Å². The summed E-state index contributed by atoms with van der Waals surface area (Å²) in [5.74, 6) is -2.15. The molecule has 0 heterocycles. The van der Waals surface area contributed by atoms with Crippen molar-refractivity contribution in [2.75, 3.05) is 0 Å². The van der Waals surface area contributed by atoms with Crippen LogP contribution >= 0.6 is 0 Å². The Hall–Kier alpha value is -1.83. The highest BCUT2D eigenvalue weighted by molar-refractivity contribution is 5.90. The Labute approximate surface area is 98.2 Å². The van der Waals surface area contributed by atoms with E-state index >= 15 is 0 Å². The van der Waals surface area contributed by atoms with Gasteiger partial charge in [-0.3, -0.25) is 4.79 Å². The molecular formula is C9H17N3O5. The lowest BCUT2D eigenvalue weighted by atomic mass is 10.1. The second kappa shape index (κ2) is 5.48. The molecule has 0 spiro atoms. The average Bonchev–Trinajstić information content (AvgIpc) is 2.12. The first kappa shape index (κ1) is 15.2. The van der Waals surface area contributed by atoms with Crippen LogP contribution in [0, 0.1) is 0 Å². The maximum absolute atomic E-state index is 11.4. The molecule has 8 heteroatoms. The summed E-state index contributed by atoms with van der Waals surface area (Å²) in [6, 6.07) is -2.36. The van der Waals surface area contributed by atoms with Gasteiger partial charge in [0.15, 0.2) is 6.04 Å². The number of carbonyl (C=O) groups excluding carboxylic acids is 2. The largest absolute Gasteiger partial charge is 0.480 e. The Morgan fingerprint density at radius 1 is 1.29 bits per heavy atom. The summed E-state index contributed by atoms with van der Waals surface area (Å²) >= 11 is 0. The van der Waals surface area contributed by atoms with Gasteiger partial charge in [-0.25, -0.2) is 9.59 Å². The molecule has 0 aliphatic heterocycles. The van der Waals surface area contributed by atoms with Gasteiger partial charge >= 0.3 is 12.0 Å². The first-order valence-electron chi connectivity index (χ1n) is 4.87. The second-order valence-electron chi connectivity index (χ2n) is 4.14. The zero-order valence-corrected chi connectivity index (χ0v) is 9.85. The minimum Gasteiger partial charge on any atom is -0.480 e. The van der Waals surface area contributed by atoms with Gasteiger partial charge in [0, 0.05) is 0 Å². The molecule has 0 saturated heterocycles. The molecule has 0 aliphatic carbocycles. The molecule has 0 fully saturated rings. The van der Waals surface area contributed by atoms with Crippen molar-refractivity contribution in [3.63, 3.8) is 0 Å². The Morgan fingerprint density at radius 2 is 1.76 bits per heavy atom. The Balaban J connectivity index is 4.55.